The average Bonchev–Trinajstić information content (AvgIpc) is 2.79. The highest BCUT2D eigenvalue weighted by atomic mass is 32.2. The third-order valence-electron chi connectivity index (χ3n) is 3.07. The number of aromatic amines is 1. The number of H-pyrrole nitrogens is 1. The van der Waals surface area contributed by atoms with E-state index in [1.807, 2.05) is 12.1 Å². The fraction of sp³-hybridized carbons (Fsp3) is 0.429. The molecule has 1 heterocycles. The zero-order valence-electron chi connectivity index (χ0n) is 11.8. The van der Waals surface area contributed by atoms with Crippen LogP contribution >= 0.6 is 11.8 Å². The lowest BCUT2D eigenvalue weighted by Crippen LogP contribution is -2.18. The number of nitrogens with zero attached hydrogens (tertiary/aromatic N) is 2. The van der Waals surface area contributed by atoms with Crippen molar-refractivity contribution < 1.29 is 4.74 Å². The summed E-state index contributed by atoms with van der Waals surface area (Å²) in [6.45, 7) is 3.35. The Labute approximate surface area is 122 Å². The Hall–Kier alpha value is -1.53. The molecule has 0 amide bonds. The molecule has 1 N–H and O–H groups in total. The molecule has 1 aromatic carbocycles. The second-order valence-corrected chi connectivity index (χ2v) is 5.47. The Bertz CT molecular complexity index is 606. The Kier molecular flexibility index (Phi) is 5.43. The van der Waals surface area contributed by atoms with E-state index in [0.29, 0.717) is 13.2 Å². The maximum atomic E-state index is 11.7. The van der Waals surface area contributed by atoms with Crippen LogP contribution in [0.25, 0.3) is 0 Å². The third kappa shape index (κ3) is 3.74. The molecule has 5 nitrogen and oxygen atoms in total. The van der Waals surface area contributed by atoms with Gasteiger partial charge in [-0.3, -0.25) is 4.57 Å². The minimum Gasteiger partial charge on any atom is -0.385 e. The fourth-order valence-corrected chi connectivity index (χ4v) is 2.94. The number of nitrogens with one attached hydrogen (secondary N) is 1. The Morgan fingerprint density at radius 2 is 2.20 bits per heavy atom. The number of aromatic nitrogens is 3. The lowest BCUT2D eigenvalue weighted by molar-refractivity contribution is 0.189. The SMILES string of the molecule is COCCCn1c(SCc2ccccc2C)n[nH]c1=O. The summed E-state index contributed by atoms with van der Waals surface area (Å²) in [5.74, 6) is 0.807. The second kappa shape index (κ2) is 7.31. The van der Waals surface area contributed by atoms with Gasteiger partial charge >= 0.3 is 5.69 Å². The zero-order chi connectivity index (χ0) is 14.4. The van der Waals surface area contributed by atoms with Gasteiger partial charge in [0.2, 0.25) is 0 Å². The first-order chi connectivity index (χ1) is 9.72. The van der Waals surface area contributed by atoms with Gasteiger partial charge in [-0.25, -0.2) is 9.89 Å². The van der Waals surface area contributed by atoms with Gasteiger partial charge in [-0.2, -0.15) is 0 Å². The summed E-state index contributed by atoms with van der Waals surface area (Å²) in [6.07, 6.45) is 0.799. The third-order valence-corrected chi connectivity index (χ3v) is 4.10. The topological polar surface area (TPSA) is 59.9 Å². The molecule has 0 fully saturated rings. The first-order valence-electron chi connectivity index (χ1n) is 6.54. The standard InChI is InChI=1S/C14H19N3O2S/c1-11-6-3-4-7-12(11)10-20-14-16-15-13(18)17(14)8-5-9-19-2/h3-4,6-7H,5,8-10H2,1-2H3,(H,15,18). The summed E-state index contributed by atoms with van der Waals surface area (Å²) >= 11 is 1.57. The highest BCUT2D eigenvalue weighted by Crippen LogP contribution is 2.21. The van der Waals surface area contributed by atoms with E-state index in [-0.39, 0.29) is 5.69 Å². The van der Waals surface area contributed by atoms with Gasteiger partial charge in [0.1, 0.15) is 0 Å². The number of rotatable bonds is 7. The van der Waals surface area contributed by atoms with E-state index in [9.17, 15) is 4.79 Å². The van der Waals surface area contributed by atoms with E-state index in [1.54, 1.807) is 23.4 Å². The Balaban J connectivity index is 2.03. The number of methoxy groups -OCH3 is 1. The number of hydrogen-bond donors (Lipinski definition) is 1. The van der Waals surface area contributed by atoms with Gasteiger partial charge in [-0.05, 0) is 24.5 Å². The molecule has 20 heavy (non-hydrogen) atoms. The molecule has 0 bridgehead atoms. The molecule has 108 valence electrons. The maximum absolute atomic E-state index is 11.7. The Morgan fingerprint density at radius 3 is 2.95 bits per heavy atom. The molecule has 1 aromatic heterocycles. The average molecular weight is 293 g/mol. The van der Waals surface area contributed by atoms with Crippen LogP contribution in [0.5, 0.6) is 0 Å². The number of ether oxygens (including phenoxy) is 1. The summed E-state index contributed by atoms with van der Waals surface area (Å²) < 4.78 is 6.68. The van der Waals surface area contributed by atoms with Crippen molar-refractivity contribution in [2.45, 2.75) is 30.8 Å². The van der Waals surface area contributed by atoms with Crippen LogP contribution in [-0.4, -0.2) is 28.5 Å². The van der Waals surface area contributed by atoms with E-state index in [1.165, 1.54) is 11.1 Å². The molecule has 2 rings (SSSR count). The van der Waals surface area contributed by atoms with Crippen LogP contribution in [0.15, 0.2) is 34.2 Å². The summed E-state index contributed by atoms with van der Waals surface area (Å²) in [6, 6.07) is 8.24. The highest BCUT2D eigenvalue weighted by Gasteiger charge is 2.09. The van der Waals surface area contributed by atoms with Crippen LogP contribution in [0, 0.1) is 6.92 Å². The van der Waals surface area contributed by atoms with Gasteiger partial charge < -0.3 is 4.74 Å². The minimum absolute atomic E-state index is 0.159. The zero-order valence-corrected chi connectivity index (χ0v) is 12.6. The van der Waals surface area contributed by atoms with Crippen molar-refractivity contribution in [3.05, 3.63) is 45.9 Å². The van der Waals surface area contributed by atoms with Gasteiger partial charge in [-0.1, -0.05) is 36.0 Å². The number of aryl methyl sites for hydroxylation is 1. The van der Waals surface area contributed by atoms with Crippen molar-refractivity contribution in [2.24, 2.45) is 0 Å². The summed E-state index contributed by atoms with van der Waals surface area (Å²) in [7, 11) is 1.66. The molecule has 2 aromatic rings. The molecule has 0 radical (unpaired) electrons. The molecular formula is C14H19N3O2S. The molecule has 6 heteroatoms. The lowest BCUT2D eigenvalue weighted by atomic mass is 10.1. The first-order valence-corrected chi connectivity index (χ1v) is 7.52. The normalized spacial score (nSPS) is 10.9. The highest BCUT2D eigenvalue weighted by molar-refractivity contribution is 7.98. The molecule has 0 aliphatic heterocycles. The molecule has 0 atom stereocenters. The van der Waals surface area contributed by atoms with Crippen molar-refractivity contribution in [3.8, 4) is 0 Å². The van der Waals surface area contributed by atoms with Gasteiger partial charge in [0.05, 0.1) is 0 Å². The summed E-state index contributed by atoms with van der Waals surface area (Å²) in [5.41, 5.74) is 2.36. The quantitative estimate of drug-likeness (QED) is 0.628. The predicted octanol–water partition coefficient (Wildman–Crippen LogP) is 2.21. The van der Waals surface area contributed by atoms with Crippen molar-refractivity contribution >= 4 is 11.8 Å². The minimum atomic E-state index is -0.159. The van der Waals surface area contributed by atoms with Gasteiger partial charge in [0, 0.05) is 26.0 Å². The Morgan fingerprint density at radius 1 is 1.40 bits per heavy atom. The van der Waals surface area contributed by atoms with Crippen LogP contribution in [0.4, 0.5) is 0 Å². The second-order valence-electron chi connectivity index (χ2n) is 4.52. The molecule has 0 unspecified atom stereocenters. The van der Waals surface area contributed by atoms with E-state index in [0.717, 1.165) is 17.3 Å². The molecule has 0 saturated heterocycles. The number of thioether (sulfide) groups is 1. The number of hydrogen-bond acceptors (Lipinski definition) is 4. The first kappa shape index (κ1) is 14.9. The van der Waals surface area contributed by atoms with E-state index >= 15 is 0 Å². The molecule has 0 aliphatic carbocycles. The predicted molar refractivity (Wildman–Crippen MR) is 80.1 cm³/mol. The van der Waals surface area contributed by atoms with Crippen LogP contribution < -0.4 is 5.69 Å². The maximum Gasteiger partial charge on any atom is 0.343 e. The smallest absolute Gasteiger partial charge is 0.343 e. The van der Waals surface area contributed by atoms with Crippen LogP contribution in [0.3, 0.4) is 0 Å². The van der Waals surface area contributed by atoms with Crippen molar-refractivity contribution in [1.82, 2.24) is 14.8 Å². The van der Waals surface area contributed by atoms with Crippen LogP contribution in [-0.2, 0) is 17.0 Å². The van der Waals surface area contributed by atoms with Crippen molar-refractivity contribution in [3.63, 3.8) is 0 Å². The molecule has 0 saturated carbocycles. The monoisotopic (exact) mass is 293 g/mol. The molecule has 0 aliphatic rings. The summed E-state index contributed by atoms with van der Waals surface area (Å²) in [4.78, 5) is 11.7. The van der Waals surface area contributed by atoms with E-state index in [4.69, 9.17) is 4.74 Å². The van der Waals surface area contributed by atoms with E-state index in [2.05, 4.69) is 29.3 Å². The largest absolute Gasteiger partial charge is 0.385 e. The lowest BCUT2D eigenvalue weighted by Gasteiger charge is -2.06. The van der Waals surface area contributed by atoms with Crippen molar-refractivity contribution in [2.75, 3.05) is 13.7 Å². The summed E-state index contributed by atoms with van der Waals surface area (Å²) in [5, 5.41) is 7.33. The fourth-order valence-electron chi connectivity index (χ4n) is 1.89. The van der Waals surface area contributed by atoms with E-state index < -0.39 is 0 Å². The van der Waals surface area contributed by atoms with Crippen LogP contribution in [0.1, 0.15) is 17.5 Å². The number of benzene rings is 1. The van der Waals surface area contributed by atoms with Crippen molar-refractivity contribution in [1.29, 1.82) is 0 Å². The van der Waals surface area contributed by atoms with Gasteiger partial charge in [-0.15, -0.1) is 5.10 Å². The van der Waals surface area contributed by atoms with Gasteiger partial charge in [0.25, 0.3) is 0 Å². The molecule has 0 spiro atoms. The van der Waals surface area contributed by atoms with Gasteiger partial charge in [0.15, 0.2) is 5.16 Å². The molecular weight excluding hydrogens is 274 g/mol. The van der Waals surface area contributed by atoms with Crippen LogP contribution in [0.2, 0.25) is 0 Å².